The molecular weight excluding hydrogens is 324 g/mol. The fraction of sp³-hybridized carbons (Fsp3) is 0.632. The molecule has 24 heavy (non-hydrogen) atoms. The predicted molar refractivity (Wildman–Crippen MR) is 98.8 cm³/mol. The van der Waals surface area contributed by atoms with Gasteiger partial charge in [0.25, 0.3) is 0 Å². The number of fused-ring (bicyclic) bond motifs is 1. The average molecular weight is 353 g/mol. The lowest BCUT2D eigenvalue weighted by molar-refractivity contribution is -0.134. The Labute approximate surface area is 151 Å². The molecule has 4 nitrogen and oxygen atoms in total. The van der Waals surface area contributed by atoms with Crippen molar-refractivity contribution >= 4 is 18.3 Å². The number of hydrogen-bond donors (Lipinski definition) is 2. The molecule has 2 N–H and O–H groups in total. The van der Waals surface area contributed by atoms with E-state index in [9.17, 15) is 4.79 Å². The van der Waals surface area contributed by atoms with Crippen LogP contribution in [0.25, 0.3) is 0 Å². The molecule has 1 heterocycles. The number of carbonyl (C=O) groups excluding carboxylic acids is 1. The third-order valence-electron chi connectivity index (χ3n) is 5.54. The molecule has 1 saturated heterocycles. The Kier molecular flexibility index (Phi) is 6.53. The summed E-state index contributed by atoms with van der Waals surface area (Å²) in [5.74, 6) is 1.63. The Hall–Kier alpha value is -1.26. The zero-order chi connectivity index (χ0) is 16.3. The molecule has 1 aliphatic carbocycles. The van der Waals surface area contributed by atoms with E-state index in [4.69, 9.17) is 4.74 Å². The van der Waals surface area contributed by atoms with Crippen molar-refractivity contribution in [1.82, 2.24) is 10.6 Å². The quantitative estimate of drug-likeness (QED) is 0.856. The number of ether oxygens (including phenoxy) is 1. The molecule has 1 saturated carbocycles. The fourth-order valence-electron chi connectivity index (χ4n) is 4.26. The second kappa shape index (κ2) is 8.21. The number of methoxy groups -OCH3 is 1. The lowest BCUT2D eigenvalue weighted by Gasteiger charge is -2.38. The van der Waals surface area contributed by atoms with E-state index in [1.54, 1.807) is 7.11 Å². The number of carbonyl (C=O) groups is 1. The predicted octanol–water partition coefficient (Wildman–Crippen LogP) is 2.94. The molecule has 0 spiro atoms. The van der Waals surface area contributed by atoms with Crippen LogP contribution in [0.3, 0.4) is 0 Å². The maximum Gasteiger partial charge on any atom is 0.228 e. The van der Waals surface area contributed by atoms with Crippen molar-refractivity contribution in [3.63, 3.8) is 0 Å². The van der Waals surface area contributed by atoms with Gasteiger partial charge in [-0.1, -0.05) is 25.0 Å². The minimum Gasteiger partial charge on any atom is -0.497 e. The number of nitrogens with one attached hydrogen (secondary N) is 2. The number of rotatable bonds is 5. The van der Waals surface area contributed by atoms with Crippen LogP contribution in [0.2, 0.25) is 0 Å². The molecule has 1 aromatic carbocycles. The molecule has 0 radical (unpaired) electrons. The molecule has 1 aromatic rings. The normalized spacial score (nSPS) is 26.8. The Morgan fingerprint density at radius 3 is 3.08 bits per heavy atom. The van der Waals surface area contributed by atoms with Gasteiger partial charge >= 0.3 is 0 Å². The van der Waals surface area contributed by atoms with E-state index < -0.39 is 0 Å². The van der Waals surface area contributed by atoms with E-state index in [0.29, 0.717) is 5.92 Å². The Bertz CT molecular complexity index is 566. The van der Waals surface area contributed by atoms with Gasteiger partial charge in [-0.2, -0.15) is 0 Å². The number of halogens is 1. The summed E-state index contributed by atoms with van der Waals surface area (Å²) in [5.41, 5.74) is 1.03. The van der Waals surface area contributed by atoms with E-state index in [2.05, 4.69) is 23.6 Å². The molecule has 3 atom stereocenters. The monoisotopic (exact) mass is 352 g/mol. The maximum absolute atomic E-state index is 12.9. The van der Waals surface area contributed by atoms with E-state index in [-0.39, 0.29) is 29.8 Å². The summed E-state index contributed by atoms with van der Waals surface area (Å²) in [4.78, 5) is 12.9. The smallest absolute Gasteiger partial charge is 0.228 e. The second-order valence-electron chi connectivity index (χ2n) is 7.16. The minimum absolute atomic E-state index is 0. The first kappa shape index (κ1) is 19.1. The van der Waals surface area contributed by atoms with Crippen LogP contribution in [0.5, 0.6) is 5.75 Å². The summed E-state index contributed by atoms with van der Waals surface area (Å²) in [6.45, 7) is 3.93. The topological polar surface area (TPSA) is 50.4 Å². The van der Waals surface area contributed by atoms with Crippen LogP contribution in [0.1, 0.15) is 38.2 Å². The molecule has 0 bridgehead atoms. The first-order valence-electron chi connectivity index (χ1n) is 8.79. The van der Waals surface area contributed by atoms with E-state index >= 15 is 0 Å². The molecule has 1 aliphatic heterocycles. The third kappa shape index (κ3) is 3.86. The summed E-state index contributed by atoms with van der Waals surface area (Å²) >= 11 is 0. The van der Waals surface area contributed by atoms with Gasteiger partial charge in [0.15, 0.2) is 0 Å². The van der Waals surface area contributed by atoms with Crippen molar-refractivity contribution < 1.29 is 9.53 Å². The van der Waals surface area contributed by atoms with Crippen LogP contribution >= 0.6 is 12.4 Å². The Morgan fingerprint density at radius 2 is 2.29 bits per heavy atom. The van der Waals surface area contributed by atoms with Crippen molar-refractivity contribution in [2.45, 2.75) is 45.1 Å². The second-order valence-corrected chi connectivity index (χ2v) is 7.16. The number of amides is 1. The minimum atomic E-state index is -0.166. The number of benzene rings is 1. The van der Waals surface area contributed by atoms with Gasteiger partial charge in [-0.05, 0) is 56.3 Å². The van der Waals surface area contributed by atoms with Crippen molar-refractivity contribution in [3.8, 4) is 5.75 Å². The van der Waals surface area contributed by atoms with Crippen LogP contribution in [0, 0.1) is 11.3 Å². The summed E-state index contributed by atoms with van der Waals surface area (Å²) in [7, 11) is 1.68. The van der Waals surface area contributed by atoms with Gasteiger partial charge in [-0.25, -0.2) is 0 Å². The van der Waals surface area contributed by atoms with Crippen LogP contribution in [-0.2, 0) is 11.2 Å². The summed E-state index contributed by atoms with van der Waals surface area (Å²) in [6.07, 6.45) is 5.49. The molecule has 5 heteroatoms. The van der Waals surface area contributed by atoms with E-state index in [1.807, 2.05) is 18.2 Å². The zero-order valence-electron chi connectivity index (χ0n) is 14.6. The summed E-state index contributed by atoms with van der Waals surface area (Å²) < 4.78 is 5.27. The molecule has 1 unspecified atom stereocenters. The van der Waals surface area contributed by atoms with Gasteiger partial charge in [0, 0.05) is 12.6 Å². The zero-order valence-corrected chi connectivity index (χ0v) is 15.5. The molecule has 2 aliphatic rings. The third-order valence-corrected chi connectivity index (χ3v) is 5.54. The van der Waals surface area contributed by atoms with Crippen LogP contribution in [0.15, 0.2) is 24.3 Å². The largest absolute Gasteiger partial charge is 0.497 e. The molecule has 3 rings (SSSR count). The van der Waals surface area contributed by atoms with Gasteiger partial charge in [0.2, 0.25) is 5.91 Å². The summed E-state index contributed by atoms with van der Waals surface area (Å²) in [5, 5.41) is 6.72. The van der Waals surface area contributed by atoms with E-state index in [1.165, 1.54) is 24.8 Å². The van der Waals surface area contributed by atoms with Gasteiger partial charge in [-0.3, -0.25) is 4.79 Å². The Morgan fingerprint density at radius 1 is 1.46 bits per heavy atom. The standard InChI is InChI=1S/C19H28N2O2.ClH/c1-14(10-15-6-5-8-17(11-15)23-2)21-18(22)19-9-4-3-7-16(19)12-20-13-19;/h5-6,8,11,14,16,20H,3-4,7,9-10,12-13H2,1-2H3,(H,21,22);1H/t14?,16-,19+;/m0./s1. The lowest BCUT2D eigenvalue weighted by Crippen LogP contribution is -2.50. The van der Waals surface area contributed by atoms with Crippen LogP contribution in [-0.4, -0.2) is 32.1 Å². The fourth-order valence-corrected chi connectivity index (χ4v) is 4.26. The first-order chi connectivity index (χ1) is 11.1. The van der Waals surface area contributed by atoms with Crippen molar-refractivity contribution in [2.75, 3.05) is 20.2 Å². The van der Waals surface area contributed by atoms with Crippen molar-refractivity contribution in [1.29, 1.82) is 0 Å². The van der Waals surface area contributed by atoms with Gasteiger partial charge < -0.3 is 15.4 Å². The van der Waals surface area contributed by atoms with E-state index in [0.717, 1.165) is 31.7 Å². The van der Waals surface area contributed by atoms with Crippen LogP contribution in [0.4, 0.5) is 0 Å². The highest BCUT2D eigenvalue weighted by molar-refractivity contribution is 5.85. The first-order valence-corrected chi connectivity index (χ1v) is 8.79. The molecule has 0 aromatic heterocycles. The van der Waals surface area contributed by atoms with Gasteiger partial charge in [0.05, 0.1) is 12.5 Å². The highest BCUT2D eigenvalue weighted by Gasteiger charge is 2.49. The molecule has 2 fully saturated rings. The van der Waals surface area contributed by atoms with Crippen LogP contribution < -0.4 is 15.4 Å². The highest BCUT2D eigenvalue weighted by Crippen LogP contribution is 2.44. The SMILES string of the molecule is COc1cccc(CC(C)NC(=O)[C@@]23CCCC[C@H]2CNC3)c1.Cl. The molecule has 1 amide bonds. The number of hydrogen-bond acceptors (Lipinski definition) is 3. The molecule has 134 valence electrons. The average Bonchev–Trinajstić information content (AvgIpc) is 3.00. The van der Waals surface area contributed by atoms with Gasteiger partial charge in [-0.15, -0.1) is 12.4 Å². The highest BCUT2D eigenvalue weighted by atomic mass is 35.5. The lowest BCUT2D eigenvalue weighted by atomic mass is 9.67. The maximum atomic E-state index is 12.9. The van der Waals surface area contributed by atoms with Crippen molar-refractivity contribution in [2.24, 2.45) is 11.3 Å². The van der Waals surface area contributed by atoms with Crippen molar-refractivity contribution in [3.05, 3.63) is 29.8 Å². The Balaban J connectivity index is 0.00000208. The van der Waals surface area contributed by atoms with Gasteiger partial charge in [0.1, 0.15) is 5.75 Å². The molecular formula is C19H29ClN2O2. The summed E-state index contributed by atoms with van der Waals surface area (Å²) in [6, 6.07) is 8.21.